The first-order chi connectivity index (χ1) is 13.8. The second-order valence-corrected chi connectivity index (χ2v) is 6.95. The highest BCUT2D eigenvalue weighted by molar-refractivity contribution is 5.69. The minimum absolute atomic E-state index is 0.171. The molecule has 0 saturated carbocycles. The van der Waals surface area contributed by atoms with E-state index in [4.69, 9.17) is 14.2 Å². The minimum Gasteiger partial charge on any atom is -0.457 e. The van der Waals surface area contributed by atoms with Crippen LogP contribution in [-0.2, 0) is 19.0 Å². The van der Waals surface area contributed by atoms with E-state index in [0.29, 0.717) is 26.4 Å². The van der Waals surface area contributed by atoms with Crippen molar-refractivity contribution in [2.24, 2.45) is 0 Å². The molecule has 1 fully saturated rings. The van der Waals surface area contributed by atoms with E-state index in [0.717, 1.165) is 32.1 Å². The molecule has 0 unspecified atom stereocenters. The predicted molar refractivity (Wildman–Crippen MR) is 115 cm³/mol. The fourth-order valence-corrected chi connectivity index (χ4v) is 2.70. The average molecular weight is 391 g/mol. The number of rotatable bonds is 15. The van der Waals surface area contributed by atoms with Gasteiger partial charge in [-0.15, -0.1) is 0 Å². The van der Waals surface area contributed by atoms with Gasteiger partial charge in [0, 0.05) is 6.42 Å². The fraction of sp³-hybridized carbons (Fsp3) is 0.625. The van der Waals surface area contributed by atoms with Crippen LogP contribution in [0.1, 0.15) is 71.1 Å². The van der Waals surface area contributed by atoms with Crippen LogP contribution in [0.4, 0.5) is 0 Å². The molecular formula is C24H38O4. The van der Waals surface area contributed by atoms with Gasteiger partial charge in [0.25, 0.3) is 0 Å². The summed E-state index contributed by atoms with van der Waals surface area (Å²) in [7, 11) is 0. The van der Waals surface area contributed by atoms with Crippen molar-refractivity contribution in [3.8, 4) is 0 Å². The first kappa shape index (κ1) is 24.4. The van der Waals surface area contributed by atoms with Crippen molar-refractivity contribution in [2.45, 2.75) is 77.2 Å². The Balaban J connectivity index is 1.91. The summed E-state index contributed by atoms with van der Waals surface area (Å²) in [5.74, 6) is -0.171. The molecule has 1 rings (SSSR count). The van der Waals surface area contributed by atoms with Crippen LogP contribution in [-0.4, -0.2) is 32.1 Å². The van der Waals surface area contributed by atoms with E-state index in [1.165, 1.54) is 25.7 Å². The van der Waals surface area contributed by atoms with Crippen LogP contribution in [0.25, 0.3) is 0 Å². The summed E-state index contributed by atoms with van der Waals surface area (Å²) >= 11 is 0. The van der Waals surface area contributed by atoms with Gasteiger partial charge in [-0.2, -0.15) is 0 Å². The summed E-state index contributed by atoms with van der Waals surface area (Å²) in [6, 6.07) is 0. The summed E-state index contributed by atoms with van der Waals surface area (Å²) < 4.78 is 15.5. The quantitative estimate of drug-likeness (QED) is 0.194. The van der Waals surface area contributed by atoms with Crippen molar-refractivity contribution in [1.29, 1.82) is 0 Å². The molecule has 0 spiro atoms. The highest BCUT2D eigenvalue weighted by atomic mass is 16.7. The van der Waals surface area contributed by atoms with Crippen molar-refractivity contribution in [1.82, 2.24) is 0 Å². The highest BCUT2D eigenvalue weighted by Crippen LogP contribution is 2.06. The van der Waals surface area contributed by atoms with Gasteiger partial charge < -0.3 is 14.2 Å². The average Bonchev–Trinajstić information content (AvgIpc) is 2.71. The second-order valence-electron chi connectivity index (χ2n) is 6.95. The number of carbonyl (C=O) groups is 1. The molecule has 0 N–H and O–H groups in total. The zero-order chi connectivity index (χ0) is 20.1. The summed E-state index contributed by atoms with van der Waals surface area (Å²) in [5.41, 5.74) is 0. The van der Waals surface area contributed by atoms with E-state index in [2.05, 4.69) is 55.5 Å². The molecule has 0 bridgehead atoms. The Morgan fingerprint density at radius 3 is 1.93 bits per heavy atom. The molecular weight excluding hydrogens is 352 g/mol. The van der Waals surface area contributed by atoms with Gasteiger partial charge in [-0.25, -0.2) is 0 Å². The van der Waals surface area contributed by atoms with Gasteiger partial charge in [-0.3, -0.25) is 4.79 Å². The van der Waals surface area contributed by atoms with Crippen LogP contribution in [0.5, 0.6) is 0 Å². The number of esters is 1. The molecule has 4 nitrogen and oxygen atoms in total. The summed E-state index contributed by atoms with van der Waals surface area (Å²) in [6.45, 7) is 3.39. The summed E-state index contributed by atoms with van der Waals surface area (Å²) in [6.07, 6.45) is 27.6. The van der Waals surface area contributed by atoms with Gasteiger partial charge in [0.2, 0.25) is 0 Å². The molecule has 28 heavy (non-hydrogen) atoms. The standard InChI is InChI=1S/C24H38O4/c1-2-3-4-5-6-7-8-9-10-11-12-13-14-15-16-17-18-19-24(25)28-23-20-26-22-27-21-23/h6-7,9-10,12-13,15-16,23H,2-5,8,11,14,17-22H2,1H3. The van der Waals surface area contributed by atoms with Crippen molar-refractivity contribution in [3.63, 3.8) is 0 Å². The molecule has 4 heteroatoms. The fourth-order valence-electron chi connectivity index (χ4n) is 2.70. The maximum absolute atomic E-state index is 11.7. The summed E-state index contributed by atoms with van der Waals surface area (Å²) in [4.78, 5) is 11.7. The Morgan fingerprint density at radius 2 is 1.36 bits per heavy atom. The van der Waals surface area contributed by atoms with Gasteiger partial charge in [0.15, 0.2) is 0 Å². The third kappa shape index (κ3) is 15.4. The Bertz CT molecular complexity index is 485. The predicted octanol–water partition coefficient (Wildman–Crippen LogP) is 6.05. The zero-order valence-electron chi connectivity index (χ0n) is 17.5. The maximum atomic E-state index is 11.7. The molecule has 0 aromatic heterocycles. The summed E-state index contributed by atoms with van der Waals surface area (Å²) in [5, 5.41) is 0. The lowest BCUT2D eigenvalue weighted by Crippen LogP contribution is -2.33. The van der Waals surface area contributed by atoms with Crippen LogP contribution >= 0.6 is 0 Å². The topological polar surface area (TPSA) is 44.8 Å². The number of hydrogen-bond acceptors (Lipinski definition) is 4. The van der Waals surface area contributed by atoms with E-state index >= 15 is 0 Å². The van der Waals surface area contributed by atoms with Gasteiger partial charge >= 0.3 is 5.97 Å². The van der Waals surface area contributed by atoms with Crippen molar-refractivity contribution in [3.05, 3.63) is 48.6 Å². The van der Waals surface area contributed by atoms with E-state index in [1.54, 1.807) is 0 Å². The van der Waals surface area contributed by atoms with Crippen LogP contribution in [0.3, 0.4) is 0 Å². The first-order valence-corrected chi connectivity index (χ1v) is 10.8. The van der Waals surface area contributed by atoms with E-state index in [9.17, 15) is 4.79 Å². The molecule has 1 heterocycles. The third-order valence-corrected chi connectivity index (χ3v) is 4.28. The Kier molecular flexibility index (Phi) is 16.3. The van der Waals surface area contributed by atoms with Crippen molar-refractivity contribution in [2.75, 3.05) is 20.0 Å². The smallest absolute Gasteiger partial charge is 0.306 e. The highest BCUT2D eigenvalue weighted by Gasteiger charge is 2.18. The lowest BCUT2D eigenvalue weighted by atomic mass is 10.2. The molecule has 0 amide bonds. The molecule has 0 aromatic rings. The monoisotopic (exact) mass is 390 g/mol. The molecule has 0 aliphatic carbocycles. The van der Waals surface area contributed by atoms with Crippen molar-refractivity contribution >= 4 is 5.97 Å². The lowest BCUT2D eigenvalue weighted by Gasteiger charge is -2.22. The minimum atomic E-state index is -0.252. The zero-order valence-corrected chi connectivity index (χ0v) is 17.5. The third-order valence-electron chi connectivity index (χ3n) is 4.28. The van der Waals surface area contributed by atoms with Crippen LogP contribution in [0.15, 0.2) is 48.6 Å². The molecule has 1 aliphatic heterocycles. The van der Waals surface area contributed by atoms with Crippen LogP contribution < -0.4 is 0 Å². The molecule has 0 radical (unpaired) electrons. The van der Waals surface area contributed by atoms with Crippen LogP contribution in [0.2, 0.25) is 0 Å². The number of allylic oxidation sites excluding steroid dienone is 8. The van der Waals surface area contributed by atoms with Gasteiger partial charge in [0.1, 0.15) is 12.9 Å². The second kappa shape index (κ2) is 18.7. The SMILES string of the molecule is CCCCCC=CCC=CCC=CCC=CCCCC(=O)OC1COCOC1. The van der Waals surface area contributed by atoms with E-state index < -0.39 is 0 Å². The normalized spacial score (nSPS) is 16.2. The molecule has 1 aliphatic rings. The largest absolute Gasteiger partial charge is 0.457 e. The molecule has 1 saturated heterocycles. The maximum Gasteiger partial charge on any atom is 0.306 e. The Labute approximate surface area is 171 Å². The van der Waals surface area contributed by atoms with Gasteiger partial charge in [0.05, 0.1) is 13.2 Å². The number of hydrogen-bond donors (Lipinski definition) is 0. The number of unbranched alkanes of at least 4 members (excludes halogenated alkanes) is 4. The van der Waals surface area contributed by atoms with Gasteiger partial charge in [-0.1, -0.05) is 68.4 Å². The molecule has 0 atom stereocenters. The lowest BCUT2D eigenvalue weighted by molar-refractivity contribution is -0.183. The van der Waals surface area contributed by atoms with Crippen molar-refractivity contribution < 1.29 is 19.0 Å². The Morgan fingerprint density at radius 1 is 0.821 bits per heavy atom. The van der Waals surface area contributed by atoms with E-state index in [-0.39, 0.29) is 12.1 Å². The molecule has 0 aromatic carbocycles. The number of ether oxygens (including phenoxy) is 3. The Hall–Kier alpha value is -1.65. The van der Waals surface area contributed by atoms with E-state index in [1.807, 2.05) is 0 Å². The van der Waals surface area contributed by atoms with Crippen LogP contribution in [0, 0.1) is 0 Å². The molecule has 158 valence electrons. The van der Waals surface area contributed by atoms with Gasteiger partial charge in [-0.05, 0) is 44.9 Å². The number of carbonyl (C=O) groups excluding carboxylic acids is 1. The first-order valence-electron chi connectivity index (χ1n) is 10.8.